The molecule has 0 aromatic heterocycles. The number of hydrogen-bond donors (Lipinski definition) is 1. The van der Waals surface area contributed by atoms with Crippen molar-refractivity contribution in [2.45, 2.75) is 53.9 Å². The van der Waals surface area contributed by atoms with Crippen LogP contribution < -0.4 is 5.32 Å². The van der Waals surface area contributed by atoms with Crippen molar-refractivity contribution in [3.05, 3.63) is 65.2 Å². The van der Waals surface area contributed by atoms with Crippen molar-refractivity contribution in [1.29, 1.82) is 0 Å². The molecule has 1 amide bonds. The molecule has 2 fully saturated rings. The molecular weight excluding hydrogens is 388 g/mol. The Bertz CT molecular complexity index is 1070. The van der Waals surface area contributed by atoms with Crippen LogP contribution in [0.4, 0.5) is 5.69 Å². The first-order valence-corrected chi connectivity index (χ1v) is 10.8. The number of rotatable bonds is 4. The van der Waals surface area contributed by atoms with Crippen LogP contribution in [0.1, 0.15) is 61.5 Å². The highest BCUT2D eigenvalue weighted by molar-refractivity contribution is 6.06. The number of oxime groups is 1. The van der Waals surface area contributed by atoms with Gasteiger partial charge in [0.05, 0.1) is 16.7 Å². The van der Waals surface area contributed by atoms with Gasteiger partial charge in [-0.05, 0) is 61.9 Å². The van der Waals surface area contributed by atoms with Gasteiger partial charge in [0.2, 0.25) is 5.91 Å². The third-order valence-corrected chi connectivity index (χ3v) is 7.97. The molecule has 0 radical (unpaired) electrons. The molecule has 2 unspecified atom stereocenters. The predicted molar refractivity (Wildman–Crippen MR) is 122 cm³/mol. The van der Waals surface area contributed by atoms with Crippen molar-refractivity contribution < 1.29 is 14.4 Å². The second-order valence-corrected chi connectivity index (χ2v) is 9.82. The van der Waals surface area contributed by atoms with Gasteiger partial charge in [-0.3, -0.25) is 4.79 Å². The minimum Gasteiger partial charge on any atom is -0.326 e. The molecule has 2 saturated carbocycles. The van der Waals surface area contributed by atoms with E-state index in [9.17, 15) is 9.59 Å². The summed E-state index contributed by atoms with van der Waals surface area (Å²) in [5.41, 5.74) is 3.04. The van der Waals surface area contributed by atoms with Crippen LogP contribution in [-0.2, 0) is 9.63 Å². The minimum absolute atomic E-state index is 0.0156. The van der Waals surface area contributed by atoms with Gasteiger partial charge in [0.15, 0.2) is 0 Å². The Morgan fingerprint density at radius 3 is 2.35 bits per heavy atom. The number of fused-ring (bicyclic) bond motifs is 2. The second kappa shape index (κ2) is 7.33. The van der Waals surface area contributed by atoms with Crippen molar-refractivity contribution in [3.8, 4) is 0 Å². The molecule has 162 valence electrons. The fraction of sp³-hybridized carbons (Fsp3) is 0.423. The van der Waals surface area contributed by atoms with Gasteiger partial charge in [0.1, 0.15) is 0 Å². The first-order valence-electron chi connectivity index (χ1n) is 10.8. The van der Waals surface area contributed by atoms with Crippen molar-refractivity contribution in [1.82, 2.24) is 0 Å². The van der Waals surface area contributed by atoms with Gasteiger partial charge in [0.25, 0.3) is 0 Å². The largest absolute Gasteiger partial charge is 0.365 e. The van der Waals surface area contributed by atoms with Crippen LogP contribution in [0.15, 0.2) is 53.7 Å². The van der Waals surface area contributed by atoms with E-state index < -0.39 is 11.4 Å². The van der Waals surface area contributed by atoms with Crippen LogP contribution in [0, 0.1) is 30.1 Å². The molecule has 2 bridgehead atoms. The lowest BCUT2D eigenvalue weighted by atomic mass is 9.64. The molecule has 2 aromatic rings. The number of aryl methyl sites for hydroxylation is 2. The Labute approximate surface area is 183 Å². The van der Waals surface area contributed by atoms with Gasteiger partial charge >= 0.3 is 5.97 Å². The minimum atomic E-state index is -0.583. The Morgan fingerprint density at radius 2 is 1.68 bits per heavy atom. The molecular formula is C26H30N2O3. The molecule has 5 heteroatoms. The molecule has 4 rings (SSSR count). The third kappa shape index (κ3) is 3.27. The summed E-state index contributed by atoms with van der Waals surface area (Å²) in [5.74, 6) is -0.461. The average molecular weight is 419 g/mol. The zero-order valence-electron chi connectivity index (χ0n) is 18.9. The summed E-state index contributed by atoms with van der Waals surface area (Å²) >= 11 is 0. The lowest BCUT2D eigenvalue weighted by Crippen LogP contribution is -2.43. The van der Waals surface area contributed by atoms with Gasteiger partial charge in [0, 0.05) is 17.5 Å². The highest BCUT2D eigenvalue weighted by Crippen LogP contribution is 2.71. The molecule has 5 nitrogen and oxygen atoms in total. The SMILES string of the molecule is Cc1ccc(C(=O)ON=C2CC3(C(=O)Nc4cccc(C)c4)CCC2(C)C3(C)C)cc1. The number of hydrogen-bond acceptors (Lipinski definition) is 4. The molecule has 0 aliphatic heterocycles. The first-order chi connectivity index (χ1) is 14.6. The quantitative estimate of drug-likeness (QED) is 0.514. The number of carbonyl (C=O) groups is 2. The standard InChI is InChI=1S/C26H30N2O3/c1-17-9-11-19(12-10-17)22(29)31-28-21-16-26(14-13-25(21,5)24(26,3)4)23(30)27-20-8-6-7-18(2)15-20/h6-12,15H,13-14,16H2,1-5H3,(H,27,30). The highest BCUT2D eigenvalue weighted by Gasteiger charge is 2.71. The van der Waals surface area contributed by atoms with Crippen LogP contribution in [0.5, 0.6) is 0 Å². The lowest BCUT2D eigenvalue weighted by molar-refractivity contribution is -0.130. The second-order valence-electron chi connectivity index (χ2n) is 9.82. The van der Waals surface area contributed by atoms with E-state index in [-0.39, 0.29) is 16.7 Å². The average Bonchev–Trinajstić information content (AvgIpc) is 3.03. The van der Waals surface area contributed by atoms with E-state index in [1.165, 1.54) is 0 Å². The maximum atomic E-state index is 13.5. The molecule has 2 aliphatic rings. The number of amides is 1. The molecule has 2 aromatic carbocycles. The van der Waals surface area contributed by atoms with Crippen LogP contribution in [-0.4, -0.2) is 17.6 Å². The molecule has 1 N–H and O–H groups in total. The molecule has 0 spiro atoms. The van der Waals surface area contributed by atoms with Crippen LogP contribution in [0.3, 0.4) is 0 Å². The van der Waals surface area contributed by atoms with Crippen LogP contribution in [0.25, 0.3) is 0 Å². The van der Waals surface area contributed by atoms with E-state index in [0.717, 1.165) is 35.4 Å². The summed E-state index contributed by atoms with van der Waals surface area (Å²) in [5, 5.41) is 7.44. The zero-order valence-corrected chi connectivity index (χ0v) is 18.9. The van der Waals surface area contributed by atoms with Crippen molar-refractivity contribution in [3.63, 3.8) is 0 Å². The molecule has 2 aliphatic carbocycles. The Kier molecular flexibility index (Phi) is 5.03. The summed E-state index contributed by atoms with van der Waals surface area (Å²) in [6, 6.07) is 15.1. The molecule has 31 heavy (non-hydrogen) atoms. The zero-order chi connectivity index (χ0) is 22.4. The number of nitrogens with zero attached hydrogens (tertiary/aromatic N) is 1. The smallest absolute Gasteiger partial charge is 0.326 e. The van der Waals surface area contributed by atoms with E-state index in [4.69, 9.17) is 4.84 Å². The van der Waals surface area contributed by atoms with Crippen molar-refractivity contribution >= 4 is 23.3 Å². The van der Waals surface area contributed by atoms with E-state index in [1.807, 2.05) is 50.2 Å². The number of benzene rings is 2. The summed E-state index contributed by atoms with van der Waals surface area (Å²) in [7, 11) is 0. The van der Waals surface area contributed by atoms with Crippen molar-refractivity contribution in [2.24, 2.45) is 21.4 Å². The lowest BCUT2D eigenvalue weighted by Gasteiger charge is -2.39. The summed E-state index contributed by atoms with van der Waals surface area (Å²) in [6.07, 6.45) is 2.12. The van der Waals surface area contributed by atoms with E-state index in [2.05, 4.69) is 31.2 Å². The third-order valence-electron chi connectivity index (χ3n) is 7.97. The van der Waals surface area contributed by atoms with E-state index >= 15 is 0 Å². The number of anilines is 1. The monoisotopic (exact) mass is 418 g/mol. The van der Waals surface area contributed by atoms with Gasteiger partial charge in [-0.2, -0.15) is 0 Å². The van der Waals surface area contributed by atoms with Crippen molar-refractivity contribution in [2.75, 3.05) is 5.32 Å². The van der Waals surface area contributed by atoms with Crippen LogP contribution in [0.2, 0.25) is 0 Å². The summed E-state index contributed by atoms with van der Waals surface area (Å²) < 4.78 is 0. The topological polar surface area (TPSA) is 67.8 Å². The Hall–Kier alpha value is -2.95. The van der Waals surface area contributed by atoms with Gasteiger partial charge < -0.3 is 10.2 Å². The molecule has 0 heterocycles. The van der Waals surface area contributed by atoms with Gasteiger partial charge in [-0.25, -0.2) is 4.79 Å². The maximum absolute atomic E-state index is 13.5. The summed E-state index contributed by atoms with van der Waals surface area (Å²) in [6.45, 7) is 10.4. The first kappa shape index (κ1) is 21.3. The van der Waals surface area contributed by atoms with Crippen LogP contribution >= 0.6 is 0 Å². The van der Waals surface area contributed by atoms with E-state index in [0.29, 0.717) is 12.0 Å². The maximum Gasteiger partial charge on any atom is 0.365 e. The summed E-state index contributed by atoms with van der Waals surface area (Å²) in [4.78, 5) is 31.3. The van der Waals surface area contributed by atoms with Gasteiger partial charge in [-0.1, -0.05) is 55.8 Å². The fourth-order valence-corrected chi connectivity index (χ4v) is 5.33. The number of carbonyl (C=O) groups excluding carboxylic acids is 2. The molecule has 2 atom stereocenters. The van der Waals surface area contributed by atoms with E-state index in [1.54, 1.807) is 12.1 Å². The predicted octanol–water partition coefficient (Wildman–Crippen LogP) is 5.67. The Morgan fingerprint density at radius 1 is 0.968 bits per heavy atom. The fourth-order valence-electron chi connectivity index (χ4n) is 5.33. The normalized spacial score (nSPS) is 27.3. The van der Waals surface area contributed by atoms with Gasteiger partial charge in [-0.15, -0.1) is 0 Å². The highest BCUT2D eigenvalue weighted by atomic mass is 16.7. The Balaban J connectivity index is 1.58. The number of nitrogens with one attached hydrogen (secondary N) is 1. The molecule has 0 saturated heterocycles.